The Balaban J connectivity index is 2.60. The Labute approximate surface area is 98.4 Å². The van der Waals surface area contributed by atoms with Crippen molar-refractivity contribution in [1.82, 2.24) is 10.2 Å². The summed E-state index contributed by atoms with van der Waals surface area (Å²) in [6.07, 6.45) is 0. The van der Waals surface area contributed by atoms with E-state index in [1.807, 2.05) is 13.0 Å². The maximum atomic E-state index is 6.01. The molecule has 0 fully saturated rings. The first-order valence-corrected chi connectivity index (χ1v) is 5.15. The molecule has 0 aliphatic carbocycles. The zero-order valence-corrected chi connectivity index (χ0v) is 9.80. The molecule has 2 rings (SSSR count). The number of nitrogens with zero attached hydrogens (tertiary/aromatic N) is 1. The van der Waals surface area contributed by atoms with E-state index in [1.54, 1.807) is 19.2 Å². The minimum Gasteiger partial charge on any atom is -0.496 e. The highest BCUT2D eigenvalue weighted by molar-refractivity contribution is 6.31. The fourth-order valence-corrected chi connectivity index (χ4v) is 1.83. The topological polar surface area (TPSA) is 63.9 Å². The van der Waals surface area contributed by atoms with Crippen molar-refractivity contribution < 1.29 is 4.74 Å². The zero-order chi connectivity index (χ0) is 11.7. The van der Waals surface area contributed by atoms with Crippen molar-refractivity contribution in [2.24, 2.45) is 0 Å². The maximum Gasteiger partial charge on any atom is 0.145 e. The molecule has 5 heteroatoms. The zero-order valence-electron chi connectivity index (χ0n) is 9.04. The Kier molecular flexibility index (Phi) is 2.75. The van der Waals surface area contributed by atoms with Gasteiger partial charge in [-0.15, -0.1) is 0 Å². The molecular formula is C11H12ClN3O. The average Bonchev–Trinajstić information content (AvgIpc) is 2.67. The molecule has 0 unspecified atom stereocenters. The predicted octanol–water partition coefficient (Wildman–Crippen LogP) is 2.63. The number of ether oxygens (including phenoxy) is 1. The van der Waals surface area contributed by atoms with E-state index in [1.165, 1.54) is 0 Å². The van der Waals surface area contributed by atoms with Gasteiger partial charge >= 0.3 is 0 Å². The summed E-state index contributed by atoms with van der Waals surface area (Å²) < 4.78 is 5.24. The fraction of sp³-hybridized carbons (Fsp3) is 0.182. The highest BCUT2D eigenvalue weighted by Gasteiger charge is 2.10. The first-order chi connectivity index (χ1) is 7.61. The third-order valence-corrected chi connectivity index (χ3v) is 2.65. The van der Waals surface area contributed by atoms with Gasteiger partial charge in [0.2, 0.25) is 0 Å². The number of nitrogen functional groups attached to an aromatic ring is 1. The number of halogens is 1. The van der Waals surface area contributed by atoms with Crippen LogP contribution in [-0.2, 0) is 0 Å². The number of nitrogens with one attached hydrogen (secondary N) is 1. The largest absolute Gasteiger partial charge is 0.496 e. The van der Waals surface area contributed by atoms with Crippen molar-refractivity contribution in [1.29, 1.82) is 0 Å². The van der Waals surface area contributed by atoms with Gasteiger partial charge in [-0.05, 0) is 19.1 Å². The quantitative estimate of drug-likeness (QED) is 0.844. The molecule has 0 saturated heterocycles. The Hall–Kier alpha value is -1.68. The third-order valence-electron chi connectivity index (χ3n) is 2.43. The first kappa shape index (κ1) is 10.8. The van der Waals surface area contributed by atoms with Crippen molar-refractivity contribution in [2.75, 3.05) is 12.8 Å². The average molecular weight is 238 g/mol. The molecule has 4 nitrogen and oxygen atoms in total. The number of aromatic nitrogens is 2. The van der Waals surface area contributed by atoms with E-state index >= 15 is 0 Å². The van der Waals surface area contributed by atoms with Gasteiger partial charge in [-0.2, -0.15) is 5.10 Å². The number of hydrogen-bond acceptors (Lipinski definition) is 3. The van der Waals surface area contributed by atoms with Crippen LogP contribution < -0.4 is 10.5 Å². The maximum absolute atomic E-state index is 6.01. The van der Waals surface area contributed by atoms with Crippen LogP contribution in [0.5, 0.6) is 5.75 Å². The Morgan fingerprint density at radius 2 is 2.12 bits per heavy atom. The predicted molar refractivity (Wildman–Crippen MR) is 64.7 cm³/mol. The van der Waals surface area contributed by atoms with Crippen molar-refractivity contribution in [3.05, 3.63) is 28.8 Å². The van der Waals surface area contributed by atoms with Crippen LogP contribution in [0, 0.1) is 6.92 Å². The molecule has 2 aromatic rings. The molecule has 0 aliphatic rings. The Morgan fingerprint density at radius 3 is 2.69 bits per heavy atom. The summed E-state index contributed by atoms with van der Waals surface area (Å²) in [5.41, 5.74) is 8.33. The first-order valence-electron chi connectivity index (χ1n) is 4.77. The second kappa shape index (κ2) is 4.06. The van der Waals surface area contributed by atoms with Crippen LogP contribution in [-0.4, -0.2) is 17.3 Å². The summed E-state index contributed by atoms with van der Waals surface area (Å²) in [5.74, 6) is 1.20. The van der Waals surface area contributed by atoms with Crippen molar-refractivity contribution in [2.45, 2.75) is 6.92 Å². The molecule has 0 aliphatic heterocycles. The number of aromatic amines is 1. The standard InChI is InChI=1S/C11H12ClN3O/c1-6-8(9-5-11(13)15-14-9)3-7(12)4-10(6)16-2/h3-5H,1-2H3,(H3,13,14,15). The van der Waals surface area contributed by atoms with E-state index in [2.05, 4.69) is 10.2 Å². The number of anilines is 1. The molecular weight excluding hydrogens is 226 g/mol. The summed E-state index contributed by atoms with van der Waals surface area (Å²) in [6.45, 7) is 1.96. The lowest BCUT2D eigenvalue weighted by molar-refractivity contribution is 0.412. The van der Waals surface area contributed by atoms with Crippen LogP contribution in [0.2, 0.25) is 5.02 Å². The summed E-state index contributed by atoms with van der Waals surface area (Å²) >= 11 is 6.01. The Morgan fingerprint density at radius 1 is 1.38 bits per heavy atom. The number of benzene rings is 1. The van der Waals surface area contributed by atoms with Crippen LogP contribution in [0.25, 0.3) is 11.3 Å². The smallest absolute Gasteiger partial charge is 0.145 e. The van der Waals surface area contributed by atoms with Gasteiger partial charge < -0.3 is 10.5 Å². The molecule has 0 amide bonds. The SMILES string of the molecule is COc1cc(Cl)cc(-c2cc(N)n[nH]2)c1C. The van der Waals surface area contributed by atoms with E-state index in [0.29, 0.717) is 10.8 Å². The van der Waals surface area contributed by atoms with Gasteiger partial charge in [-0.3, -0.25) is 5.10 Å². The second-order valence-corrected chi connectivity index (χ2v) is 3.92. The van der Waals surface area contributed by atoms with E-state index in [4.69, 9.17) is 22.1 Å². The number of hydrogen-bond donors (Lipinski definition) is 2. The lowest BCUT2D eigenvalue weighted by atomic mass is 10.0. The molecule has 0 atom stereocenters. The van der Waals surface area contributed by atoms with Crippen molar-refractivity contribution in [3.63, 3.8) is 0 Å². The van der Waals surface area contributed by atoms with Gasteiger partial charge in [0.05, 0.1) is 12.8 Å². The summed E-state index contributed by atoms with van der Waals surface area (Å²) in [4.78, 5) is 0. The van der Waals surface area contributed by atoms with Gasteiger partial charge in [0.25, 0.3) is 0 Å². The van der Waals surface area contributed by atoms with Gasteiger partial charge in [0, 0.05) is 22.2 Å². The van der Waals surface area contributed by atoms with E-state index in [0.717, 1.165) is 22.6 Å². The van der Waals surface area contributed by atoms with Crippen molar-refractivity contribution >= 4 is 17.4 Å². The summed E-state index contributed by atoms with van der Waals surface area (Å²) in [6, 6.07) is 5.39. The molecule has 0 saturated carbocycles. The van der Waals surface area contributed by atoms with Crippen LogP contribution in [0.15, 0.2) is 18.2 Å². The Bertz CT molecular complexity index is 522. The summed E-state index contributed by atoms with van der Waals surface area (Å²) in [7, 11) is 1.61. The van der Waals surface area contributed by atoms with E-state index < -0.39 is 0 Å². The second-order valence-electron chi connectivity index (χ2n) is 3.49. The lowest BCUT2D eigenvalue weighted by Crippen LogP contribution is -1.91. The third kappa shape index (κ3) is 1.84. The molecule has 1 aromatic heterocycles. The van der Waals surface area contributed by atoms with Crippen molar-refractivity contribution in [3.8, 4) is 17.0 Å². The molecule has 0 radical (unpaired) electrons. The van der Waals surface area contributed by atoms with Gasteiger partial charge in [0.1, 0.15) is 11.6 Å². The van der Waals surface area contributed by atoms with Crippen LogP contribution in [0.4, 0.5) is 5.82 Å². The molecule has 1 aromatic carbocycles. The molecule has 0 bridgehead atoms. The lowest BCUT2D eigenvalue weighted by Gasteiger charge is -2.09. The number of nitrogens with two attached hydrogens (primary N) is 1. The van der Waals surface area contributed by atoms with E-state index in [9.17, 15) is 0 Å². The van der Waals surface area contributed by atoms with E-state index in [-0.39, 0.29) is 0 Å². The molecule has 3 N–H and O–H groups in total. The number of methoxy groups -OCH3 is 1. The van der Waals surface area contributed by atoms with Crippen LogP contribution >= 0.6 is 11.6 Å². The van der Waals surface area contributed by atoms with Crippen LogP contribution in [0.1, 0.15) is 5.56 Å². The number of H-pyrrole nitrogens is 1. The molecule has 1 heterocycles. The minimum atomic E-state index is 0.452. The fourth-order valence-electron chi connectivity index (χ4n) is 1.62. The molecule has 16 heavy (non-hydrogen) atoms. The van der Waals surface area contributed by atoms with Gasteiger partial charge in [-0.1, -0.05) is 11.6 Å². The number of rotatable bonds is 2. The van der Waals surface area contributed by atoms with Crippen LogP contribution in [0.3, 0.4) is 0 Å². The van der Waals surface area contributed by atoms with Gasteiger partial charge in [-0.25, -0.2) is 0 Å². The molecule has 0 spiro atoms. The minimum absolute atomic E-state index is 0.452. The summed E-state index contributed by atoms with van der Waals surface area (Å²) in [5, 5.41) is 7.36. The highest BCUT2D eigenvalue weighted by atomic mass is 35.5. The van der Waals surface area contributed by atoms with Gasteiger partial charge in [0.15, 0.2) is 0 Å². The monoisotopic (exact) mass is 237 g/mol. The highest BCUT2D eigenvalue weighted by Crippen LogP contribution is 2.32. The normalized spacial score (nSPS) is 10.4. The molecule has 84 valence electrons.